The van der Waals surface area contributed by atoms with Gasteiger partial charge in [0, 0.05) is 5.75 Å². The standard InChI is InChI=1S/C11H11N3OS2/c12-9(15)10-13-14-11(17-10)16-7-6-8-4-2-1-3-5-8/h1-5H,6-7H2,(H2,12,15). The van der Waals surface area contributed by atoms with Gasteiger partial charge >= 0.3 is 0 Å². The average molecular weight is 265 g/mol. The molecule has 4 nitrogen and oxygen atoms in total. The van der Waals surface area contributed by atoms with Gasteiger partial charge in [0.05, 0.1) is 0 Å². The number of aryl methyl sites for hydroxylation is 1. The van der Waals surface area contributed by atoms with Crippen molar-refractivity contribution in [3.63, 3.8) is 0 Å². The first-order valence-corrected chi connectivity index (χ1v) is 6.86. The van der Waals surface area contributed by atoms with E-state index in [-0.39, 0.29) is 5.01 Å². The smallest absolute Gasteiger partial charge is 0.279 e. The molecular formula is C11H11N3OS2. The van der Waals surface area contributed by atoms with Crippen LogP contribution in [-0.4, -0.2) is 21.9 Å². The SMILES string of the molecule is NC(=O)c1nnc(SCCc2ccccc2)s1. The molecule has 6 heteroatoms. The molecule has 0 saturated carbocycles. The number of hydrogen-bond donors (Lipinski definition) is 1. The molecule has 0 aliphatic carbocycles. The van der Waals surface area contributed by atoms with Gasteiger partial charge in [-0.15, -0.1) is 10.2 Å². The van der Waals surface area contributed by atoms with Crippen LogP contribution in [0.4, 0.5) is 0 Å². The van der Waals surface area contributed by atoms with E-state index in [2.05, 4.69) is 22.3 Å². The third-order valence-corrected chi connectivity index (χ3v) is 4.15. The number of nitrogens with two attached hydrogens (primary N) is 1. The van der Waals surface area contributed by atoms with E-state index in [0.29, 0.717) is 0 Å². The number of carbonyl (C=O) groups excluding carboxylic acids is 1. The molecule has 1 heterocycles. The number of aromatic nitrogens is 2. The molecule has 0 atom stereocenters. The molecule has 17 heavy (non-hydrogen) atoms. The van der Waals surface area contributed by atoms with Crippen LogP contribution in [0.5, 0.6) is 0 Å². The number of benzene rings is 1. The van der Waals surface area contributed by atoms with Crippen LogP contribution in [0.25, 0.3) is 0 Å². The normalized spacial score (nSPS) is 10.4. The quantitative estimate of drug-likeness (QED) is 0.839. The molecule has 0 spiro atoms. The molecule has 2 rings (SSSR count). The largest absolute Gasteiger partial charge is 0.363 e. The minimum absolute atomic E-state index is 0.271. The van der Waals surface area contributed by atoms with Crippen LogP contribution in [0.1, 0.15) is 15.4 Å². The molecule has 0 fully saturated rings. The second-order valence-corrected chi connectivity index (χ2v) is 5.64. The van der Waals surface area contributed by atoms with Crippen LogP contribution in [0.2, 0.25) is 0 Å². The van der Waals surface area contributed by atoms with E-state index in [1.807, 2.05) is 18.2 Å². The first kappa shape index (κ1) is 12.1. The lowest BCUT2D eigenvalue weighted by molar-refractivity contribution is 0.0999. The van der Waals surface area contributed by atoms with Gasteiger partial charge in [-0.05, 0) is 12.0 Å². The van der Waals surface area contributed by atoms with E-state index in [1.165, 1.54) is 16.9 Å². The van der Waals surface area contributed by atoms with Gasteiger partial charge in [0.1, 0.15) is 0 Å². The van der Waals surface area contributed by atoms with Gasteiger partial charge in [-0.25, -0.2) is 0 Å². The minimum Gasteiger partial charge on any atom is -0.363 e. The molecule has 0 saturated heterocycles. The minimum atomic E-state index is -0.516. The lowest BCUT2D eigenvalue weighted by Crippen LogP contribution is -2.10. The van der Waals surface area contributed by atoms with E-state index in [4.69, 9.17) is 5.73 Å². The Labute approximate surface area is 107 Å². The summed E-state index contributed by atoms with van der Waals surface area (Å²) < 4.78 is 0.787. The highest BCUT2D eigenvalue weighted by Crippen LogP contribution is 2.22. The molecular weight excluding hydrogens is 254 g/mol. The monoisotopic (exact) mass is 265 g/mol. The first-order valence-electron chi connectivity index (χ1n) is 5.06. The second-order valence-electron chi connectivity index (χ2n) is 3.32. The molecule has 1 aromatic heterocycles. The molecule has 2 N–H and O–H groups in total. The Hall–Kier alpha value is -1.40. The van der Waals surface area contributed by atoms with E-state index in [1.54, 1.807) is 11.8 Å². The van der Waals surface area contributed by atoms with E-state index in [9.17, 15) is 4.79 Å². The highest BCUT2D eigenvalue weighted by atomic mass is 32.2. The zero-order valence-corrected chi connectivity index (χ0v) is 10.6. The molecule has 0 bridgehead atoms. The summed E-state index contributed by atoms with van der Waals surface area (Å²) in [6.45, 7) is 0. The maximum absolute atomic E-state index is 10.8. The summed E-state index contributed by atoms with van der Waals surface area (Å²) in [5.74, 6) is 0.398. The Morgan fingerprint density at radius 1 is 1.29 bits per heavy atom. The van der Waals surface area contributed by atoms with Crippen molar-refractivity contribution in [2.24, 2.45) is 5.73 Å². The molecule has 2 aromatic rings. The fraction of sp³-hybridized carbons (Fsp3) is 0.182. The van der Waals surface area contributed by atoms with Crippen molar-refractivity contribution in [1.29, 1.82) is 0 Å². The van der Waals surface area contributed by atoms with Gasteiger partial charge in [0.25, 0.3) is 5.91 Å². The summed E-state index contributed by atoms with van der Waals surface area (Å²) >= 11 is 2.83. The van der Waals surface area contributed by atoms with Crippen molar-refractivity contribution in [3.8, 4) is 0 Å². The maximum Gasteiger partial charge on any atom is 0.279 e. The van der Waals surface area contributed by atoms with Crippen molar-refractivity contribution in [2.45, 2.75) is 10.8 Å². The molecule has 1 aromatic carbocycles. The van der Waals surface area contributed by atoms with Crippen LogP contribution in [0.15, 0.2) is 34.7 Å². The zero-order valence-electron chi connectivity index (χ0n) is 9.00. The van der Waals surface area contributed by atoms with Crippen LogP contribution in [0, 0.1) is 0 Å². The number of nitrogens with zero attached hydrogens (tertiary/aromatic N) is 2. The van der Waals surface area contributed by atoms with E-state index >= 15 is 0 Å². The summed E-state index contributed by atoms with van der Waals surface area (Å²) in [6, 6.07) is 10.2. The lowest BCUT2D eigenvalue weighted by Gasteiger charge is -1.98. The maximum atomic E-state index is 10.8. The topological polar surface area (TPSA) is 68.9 Å². The molecule has 0 aliphatic heterocycles. The summed E-state index contributed by atoms with van der Waals surface area (Å²) in [7, 11) is 0. The third-order valence-electron chi connectivity index (χ3n) is 2.08. The van der Waals surface area contributed by atoms with Crippen molar-refractivity contribution < 1.29 is 4.79 Å². The zero-order chi connectivity index (χ0) is 12.1. The molecule has 88 valence electrons. The van der Waals surface area contributed by atoms with Crippen molar-refractivity contribution in [1.82, 2.24) is 10.2 Å². The Morgan fingerprint density at radius 2 is 2.06 bits per heavy atom. The lowest BCUT2D eigenvalue weighted by atomic mass is 10.2. The fourth-order valence-corrected chi connectivity index (χ4v) is 3.03. The van der Waals surface area contributed by atoms with Crippen molar-refractivity contribution in [3.05, 3.63) is 40.9 Å². The molecule has 0 aliphatic rings. The number of hydrogen-bond acceptors (Lipinski definition) is 5. The number of rotatable bonds is 5. The van der Waals surface area contributed by atoms with E-state index in [0.717, 1.165) is 16.5 Å². The Bertz CT molecular complexity index is 498. The fourth-order valence-electron chi connectivity index (χ4n) is 1.27. The highest BCUT2D eigenvalue weighted by molar-refractivity contribution is 8.01. The van der Waals surface area contributed by atoms with Crippen LogP contribution >= 0.6 is 23.1 Å². The second kappa shape index (κ2) is 5.79. The number of carbonyl (C=O) groups is 1. The Balaban J connectivity index is 1.84. The number of thioether (sulfide) groups is 1. The first-order chi connectivity index (χ1) is 8.25. The van der Waals surface area contributed by atoms with Gasteiger partial charge in [-0.1, -0.05) is 53.4 Å². The average Bonchev–Trinajstić information content (AvgIpc) is 2.79. The van der Waals surface area contributed by atoms with Crippen molar-refractivity contribution in [2.75, 3.05) is 5.75 Å². The molecule has 0 radical (unpaired) electrons. The van der Waals surface area contributed by atoms with Gasteiger partial charge in [-0.3, -0.25) is 4.79 Å². The van der Waals surface area contributed by atoms with Gasteiger partial charge in [-0.2, -0.15) is 0 Å². The van der Waals surface area contributed by atoms with E-state index < -0.39 is 5.91 Å². The van der Waals surface area contributed by atoms with Crippen LogP contribution in [0.3, 0.4) is 0 Å². The summed E-state index contributed by atoms with van der Waals surface area (Å²) in [5, 5.41) is 7.88. The Kier molecular flexibility index (Phi) is 4.11. The summed E-state index contributed by atoms with van der Waals surface area (Å²) in [4.78, 5) is 10.8. The highest BCUT2D eigenvalue weighted by Gasteiger charge is 2.08. The van der Waals surface area contributed by atoms with Gasteiger partial charge in [0.15, 0.2) is 4.34 Å². The van der Waals surface area contributed by atoms with Crippen LogP contribution in [-0.2, 0) is 6.42 Å². The predicted molar refractivity (Wildman–Crippen MR) is 69.3 cm³/mol. The predicted octanol–water partition coefficient (Wildman–Crippen LogP) is 1.97. The third kappa shape index (κ3) is 3.54. The number of amides is 1. The molecule has 0 unspecified atom stereocenters. The van der Waals surface area contributed by atoms with Gasteiger partial charge in [0.2, 0.25) is 5.01 Å². The Morgan fingerprint density at radius 3 is 2.71 bits per heavy atom. The number of primary amides is 1. The van der Waals surface area contributed by atoms with Gasteiger partial charge < -0.3 is 5.73 Å². The molecule has 1 amide bonds. The summed E-state index contributed by atoms with van der Waals surface area (Å²) in [6.07, 6.45) is 0.969. The van der Waals surface area contributed by atoms with Crippen LogP contribution < -0.4 is 5.73 Å². The van der Waals surface area contributed by atoms with Crippen molar-refractivity contribution >= 4 is 29.0 Å². The summed E-state index contributed by atoms with van der Waals surface area (Å²) in [5.41, 5.74) is 6.40.